The van der Waals surface area contributed by atoms with E-state index in [1.807, 2.05) is 12.1 Å². The van der Waals surface area contributed by atoms with Crippen molar-refractivity contribution < 1.29 is 8.42 Å². The molecule has 3 rings (SSSR count). The summed E-state index contributed by atoms with van der Waals surface area (Å²) in [6.45, 7) is 0. The normalized spacial score (nSPS) is 17.5. The van der Waals surface area contributed by atoms with E-state index in [0.717, 1.165) is 12.8 Å². The van der Waals surface area contributed by atoms with Crippen LogP contribution in [0.4, 0.5) is 5.69 Å². The van der Waals surface area contributed by atoms with Crippen LogP contribution in [0.5, 0.6) is 0 Å². The van der Waals surface area contributed by atoms with E-state index < -0.39 is 10.0 Å². The second-order valence-electron chi connectivity index (χ2n) is 5.12. The Kier molecular flexibility index (Phi) is 3.65. The molecule has 1 atom stereocenters. The van der Waals surface area contributed by atoms with Gasteiger partial charge in [0.2, 0.25) is 10.0 Å². The third-order valence-electron chi connectivity index (χ3n) is 3.73. The van der Waals surface area contributed by atoms with E-state index in [4.69, 9.17) is 16.7 Å². The fraction of sp³-hybridized carbons (Fsp3) is 0.200. The molecule has 0 bridgehead atoms. The van der Waals surface area contributed by atoms with Gasteiger partial charge in [-0.05, 0) is 42.2 Å². The minimum absolute atomic E-state index is 0.0562. The molecule has 0 saturated heterocycles. The highest BCUT2D eigenvalue weighted by Gasteiger charge is 2.22. The Labute approximate surface area is 129 Å². The molecule has 2 aromatic rings. The lowest BCUT2D eigenvalue weighted by atomic mass is 10.1. The van der Waals surface area contributed by atoms with Gasteiger partial charge in [-0.25, -0.2) is 13.6 Å². The molecule has 6 heteroatoms. The summed E-state index contributed by atoms with van der Waals surface area (Å²) in [5, 5.41) is 8.97. The highest BCUT2D eigenvalue weighted by Crippen LogP contribution is 2.36. The summed E-state index contributed by atoms with van der Waals surface area (Å²) < 4.78 is 22.9. The van der Waals surface area contributed by atoms with Crippen molar-refractivity contribution in [3.05, 3.63) is 58.6 Å². The monoisotopic (exact) mass is 322 g/mol. The van der Waals surface area contributed by atoms with Crippen molar-refractivity contribution in [2.24, 2.45) is 5.14 Å². The molecule has 4 nitrogen and oxygen atoms in total. The van der Waals surface area contributed by atoms with Crippen LogP contribution in [0.15, 0.2) is 47.4 Å². The molecule has 0 aromatic heterocycles. The number of hydrogen-bond acceptors (Lipinski definition) is 3. The number of rotatable bonds is 3. The van der Waals surface area contributed by atoms with E-state index >= 15 is 0 Å². The SMILES string of the molecule is NS(=O)(=O)c1ccc(Cl)c(NC2CCc3ccccc32)c1. The van der Waals surface area contributed by atoms with Gasteiger partial charge in [-0.3, -0.25) is 0 Å². The predicted molar refractivity (Wildman–Crippen MR) is 84.0 cm³/mol. The Balaban J connectivity index is 1.93. The van der Waals surface area contributed by atoms with Gasteiger partial charge in [0, 0.05) is 0 Å². The minimum Gasteiger partial charge on any atom is -0.377 e. The highest BCUT2D eigenvalue weighted by molar-refractivity contribution is 7.89. The molecule has 1 unspecified atom stereocenters. The van der Waals surface area contributed by atoms with E-state index in [-0.39, 0.29) is 10.9 Å². The molecule has 0 amide bonds. The van der Waals surface area contributed by atoms with Crippen LogP contribution in [0.2, 0.25) is 5.02 Å². The quantitative estimate of drug-likeness (QED) is 0.912. The Morgan fingerprint density at radius 1 is 1.19 bits per heavy atom. The number of aryl methyl sites for hydroxylation is 1. The zero-order chi connectivity index (χ0) is 15.0. The van der Waals surface area contributed by atoms with E-state index in [1.165, 1.54) is 23.3 Å². The molecule has 21 heavy (non-hydrogen) atoms. The number of halogens is 1. The first kappa shape index (κ1) is 14.4. The van der Waals surface area contributed by atoms with Crippen LogP contribution < -0.4 is 10.5 Å². The zero-order valence-electron chi connectivity index (χ0n) is 11.2. The first-order chi connectivity index (χ1) is 9.95. The summed E-state index contributed by atoms with van der Waals surface area (Å²) in [5.41, 5.74) is 3.13. The fourth-order valence-electron chi connectivity index (χ4n) is 2.69. The third kappa shape index (κ3) is 2.90. The summed E-state index contributed by atoms with van der Waals surface area (Å²) in [7, 11) is -3.73. The maximum absolute atomic E-state index is 11.4. The zero-order valence-corrected chi connectivity index (χ0v) is 12.8. The number of primary sulfonamides is 1. The molecular weight excluding hydrogens is 308 g/mol. The van der Waals surface area contributed by atoms with Crippen LogP contribution in [-0.2, 0) is 16.4 Å². The van der Waals surface area contributed by atoms with Crippen LogP contribution in [0.1, 0.15) is 23.6 Å². The Hall–Kier alpha value is -1.56. The van der Waals surface area contributed by atoms with Gasteiger partial charge in [0.25, 0.3) is 0 Å². The second kappa shape index (κ2) is 5.33. The Morgan fingerprint density at radius 2 is 1.95 bits per heavy atom. The molecule has 0 aliphatic heterocycles. The molecule has 1 aliphatic carbocycles. The molecule has 0 fully saturated rings. The summed E-state index contributed by atoms with van der Waals surface area (Å²) in [6, 6.07) is 12.8. The van der Waals surface area contributed by atoms with Gasteiger partial charge in [0.05, 0.1) is 21.6 Å². The molecule has 2 aromatic carbocycles. The topological polar surface area (TPSA) is 72.2 Å². The predicted octanol–water partition coefficient (Wildman–Crippen LogP) is 3.09. The standard InChI is InChI=1S/C15H15ClN2O2S/c16-13-7-6-11(21(17,19)20)9-15(13)18-14-8-5-10-3-1-2-4-12(10)14/h1-4,6-7,9,14,18H,5,8H2,(H2,17,19,20). The van der Waals surface area contributed by atoms with Crippen LogP contribution in [0.3, 0.4) is 0 Å². The Morgan fingerprint density at radius 3 is 2.71 bits per heavy atom. The lowest BCUT2D eigenvalue weighted by Crippen LogP contribution is -2.13. The van der Waals surface area contributed by atoms with Gasteiger partial charge in [-0.2, -0.15) is 0 Å². The van der Waals surface area contributed by atoms with Gasteiger partial charge in [0.1, 0.15) is 0 Å². The van der Waals surface area contributed by atoms with Crippen molar-refractivity contribution >= 4 is 27.3 Å². The van der Waals surface area contributed by atoms with Crippen LogP contribution in [0.25, 0.3) is 0 Å². The molecular formula is C15H15ClN2O2S. The van der Waals surface area contributed by atoms with E-state index in [2.05, 4.69) is 17.4 Å². The summed E-state index contributed by atoms with van der Waals surface area (Å²) in [5.74, 6) is 0. The van der Waals surface area contributed by atoms with Gasteiger partial charge in [-0.15, -0.1) is 0 Å². The summed E-state index contributed by atoms with van der Waals surface area (Å²) in [6.07, 6.45) is 1.95. The summed E-state index contributed by atoms with van der Waals surface area (Å²) >= 11 is 6.15. The molecule has 110 valence electrons. The molecule has 3 N–H and O–H groups in total. The minimum atomic E-state index is -3.73. The van der Waals surface area contributed by atoms with Crippen molar-refractivity contribution in [1.82, 2.24) is 0 Å². The Bertz CT molecular complexity index is 790. The highest BCUT2D eigenvalue weighted by atomic mass is 35.5. The van der Waals surface area contributed by atoms with Crippen molar-refractivity contribution in [3.63, 3.8) is 0 Å². The molecule has 0 heterocycles. The number of nitrogens with two attached hydrogens (primary N) is 1. The van der Waals surface area contributed by atoms with Gasteiger partial charge in [0.15, 0.2) is 0 Å². The molecule has 0 spiro atoms. The van der Waals surface area contributed by atoms with Gasteiger partial charge < -0.3 is 5.32 Å². The number of fused-ring (bicyclic) bond motifs is 1. The number of anilines is 1. The first-order valence-electron chi connectivity index (χ1n) is 6.62. The molecule has 1 aliphatic rings. The van der Waals surface area contributed by atoms with Crippen molar-refractivity contribution in [1.29, 1.82) is 0 Å². The average Bonchev–Trinajstić information content (AvgIpc) is 2.83. The van der Waals surface area contributed by atoms with Crippen LogP contribution in [-0.4, -0.2) is 8.42 Å². The summed E-state index contributed by atoms with van der Waals surface area (Å²) in [4.78, 5) is 0.0562. The van der Waals surface area contributed by atoms with Crippen LogP contribution >= 0.6 is 11.6 Å². The number of benzene rings is 2. The van der Waals surface area contributed by atoms with Crippen LogP contribution in [0, 0.1) is 0 Å². The smallest absolute Gasteiger partial charge is 0.238 e. The molecule has 0 saturated carbocycles. The van der Waals surface area contributed by atoms with Crippen molar-refractivity contribution in [3.8, 4) is 0 Å². The van der Waals surface area contributed by atoms with E-state index in [0.29, 0.717) is 10.7 Å². The first-order valence-corrected chi connectivity index (χ1v) is 8.54. The second-order valence-corrected chi connectivity index (χ2v) is 7.09. The molecule has 0 radical (unpaired) electrons. The lowest BCUT2D eigenvalue weighted by molar-refractivity contribution is 0.598. The van der Waals surface area contributed by atoms with Crippen molar-refractivity contribution in [2.45, 2.75) is 23.8 Å². The maximum Gasteiger partial charge on any atom is 0.238 e. The van der Waals surface area contributed by atoms with E-state index in [1.54, 1.807) is 6.07 Å². The van der Waals surface area contributed by atoms with Crippen molar-refractivity contribution in [2.75, 3.05) is 5.32 Å². The van der Waals surface area contributed by atoms with Gasteiger partial charge in [-0.1, -0.05) is 35.9 Å². The number of hydrogen-bond donors (Lipinski definition) is 2. The fourth-order valence-corrected chi connectivity index (χ4v) is 3.40. The largest absolute Gasteiger partial charge is 0.377 e. The number of nitrogens with one attached hydrogen (secondary N) is 1. The average molecular weight is 323 g/mol. The van der Waals surface area contributed by atoms with E-state index in [9.17, 15) is 8.42 Å². The third-order valence-corrected chi connectivity index (χ3v) is 4.97. The van der Waals surface area contributed by atoms with Gasteiger partial charge >= 0.3 is 0 Å². The maximum atomic E-state index is 11.4. The lowest BCUT2D eigenvalue weighted by Gasteiger charge is -2.17. The number of sulfonamides is 1.